The molecule has 1 aliphatic heterocycles. The van der Waals surface area contributed by atoms with E-state index in [1.165, 1.54) is 4.31 Å². The zero-order valence-corrected chi connectivity index (χ0v) is 17.7. The normalized spacial score (nSPS) is 14.9. The molecule has 1 heterocycles. The molecule has 8 nitrogen and oxygen atoms in total. The van der Waals surface area contributed by atoms with E-state index < -0.39 is 16.1 Å². The van der Waals surface area contributed by atoms with Gasteiger partial charge in [0.05, 0.1) is 11.4 Å². The number of carbonyl (C=O) groups is 2. The number of amides is 3. The van der Waals surface area contributed by atoms with Crippen LogP contribution in [0.5, 0.6) is 0 Å². The Bertz CT molecular complexity index is 970. The Hall–Kier alpha value is -2.91. The fourth-order valence-corrected chi connectivity index (χ4v) is 4.58. The fourth-order valence-electron chi connectivity index (χ4n) is 3.14. The quantitative estimate of drug-likeness (QED) is 0.722. The monoisotopic (exact) mass is 430 g/mol. The van der Waals surface area contributed by atoms with Crippen molar-refractivity contribution in [2.45, 2.75) is 18.4 Å². The molecule has 3 rings (SSSR count). The maximum Gasteiger partial charge on any atom is 0.315 e. The van der Waals surface area contributed by atoms with Crippen LogP contribution in [0.4, 0.5) is 4.79 Å². The van der Waals surface area contributed by atoms with Crippen LogP contribution in [-0.2, 0) is 21.4 Å². The largest absolute Gasteiger partial charge is 0.339 e. The number of carbonyl (C=O) groups excluding carboxylic acids is 2. The summed E-state index contributed by atoms with van der Waals surface area (Å²) in [5, 5.41) is 5.27. The molecule has 0 atom stereocenters. The van der Waals surface area contributed by atoms with E-state index in [4.69, 9.17) is 0 Å². The molecule has 30 heavy (non-hydrogen) atoms. The van der Waals surface area contributed by atoms with E-state index in [-0.39, 0.29) is 43.5 Å². The van der Waals surface area contributed by atoms with Gasteiger partial charge in [0.1, 0.15) is 0 Å². The number of piperazine rings is 1. The molecular weight excluding hydrogens is 404 g/mol. The first-order chi connectivity index (χ1) is 14.4. The van der Waals surface area contributed by atoms with Crippen LogP contribution in [0.2, 0.25) is 0 Å². The number of nitrogens with zero attached hydrogens (tertiary/aromatic N) is 2. The molecule has 0 radical (unpaired) electrons. The maximum atomic E-state index is 12.6. The van der Waals surface area contributed by atoms with E-state index in [9.17, 15) is 18.0 Å². The zero-order valence-electron chi connectivity index (χ0n) is 16.9. The maximum absolute atomic E-state index is 12.6. The lowest BCUT2D eigenvalue weighted by atomic mass is 10.1. The van der Waals surface area contributed by atoms with Crippen LogP contribution in [0.15, 0.2) is 59.5 Å². The van der Waals surface area contributed by atoms with Crippen LogP contribution < -0.4 is 10.6 Å². The van der Waals surface area contributed by atoms with Crippen molar-refractivity contribution < 1.29 is 18.0 Å². The fraction of sp³-hybridized carbons (Fsp3) is 0.333. The molecule has 0 spiro atoms. The summed E-state index contributed by atoms with van der Waals surface area (Å²) in [5.41, 5.74) is 2.11. The van der Waals surface area contributed by atoms with E-state index in [1.807, 2.05) is 31.2 Å². The second-order valence-corrected chi connectivity index (χ2v) is 9.06. The van der Waals surface area contributed by atoms with Crippen LogP contribution >= 0.6 is 0 Å². The highest BCUT2D eigenvalue weighted by atomic mass is 32.2. The van der Waals surface area contributed by atoms with E-state index in [0.717, 1.165) is 11.1 Å². The Morgan fingerprint density at radius 3 is 2.17 bits per heavy atom. The Morgan fingerprint density at radius 2 is 1.53 bits per heavy atom. The van der Waals surface area contributed by atoms with Crippen LogP contribution in [0.1, 0.15) is 11.1 Å². The molecule has 0 bridgehead atoms. The topological polar surface area (TPSA) is 98.8 Å². The summed E-state index contributed by atoms with van der Waals surface area (Å²) in [4.78, 5) is 26.1. The highest BCUT2D eigenvalue weighted by molar-refractivity contribution is 7.89. The lowest BCUT2D eigenvalue weighted by Crippen LogP contribution is -2.53. The summed E-state index contributed by atoms with van der Waals surface area (Å²) in [7, 11) is -3.56. The Morgan fingerprint density at radius 1 is 0.900 bits per heavy atom. The Balaban J connectivity index is 1.42. The second kappa shape index (κ2) is 9.73. The summed E-state index contributed by atoms with van der Waals surface area (Å²) < 4.78 is 26.7. The second-order valence-electron chi connectivity index (χ2n) is 7.12. The summed E-state index contributed by atoms with van der Waals surface area (Å²) in [6, 6.07) is 15.6. The van der Waals surface area contributed by atoms with Crippen molar-refractivity contribution in [2.75, 3.05) is 32.7 Å². The van der Waals surface area contributed by atoms with Gasteiger partial charge in [0.15, 0.2) is 0 Å². The molecule has 1 fully saturated rings. The minimum absolute atomic E-state index is 0.134. The first-order valence-corrected chi connectivity index (χ1v) is 11.2. The number of nitrogens with one attached hydrogen (secondary N) is 2. The van der Waals surface area contributed by atoms with Crippen LogP contribution in [0.25, 0.3) is 0 Å². The van der Waals surface area contributed by atoms with Crippen LogP contribution in [-0.4, -0.2) is 62.3 Å². The molecule has 160 valence electrons. The molecule has 1 saturated heterocycles. The lowest BCUT2D eigenvalue weighted by molar-refractivity contribution is -0.131. The van der Waals surface area contributed by atoms with Crippen LogP contribution in [0.3, 0.4) is 0 Å². The third-order valence-corrected chi connectivity index (χ3v) is 6.86. The van der Waals surface area contributed by atoms with Gasteiger partial charge < -0.3 is 15.5 Å². The zero-order chi connectivity index (χ0) is 21.6. The van der Waals surface area contributed by atoms with Gasteiger partial charge in [-0.25, -0.2) is 13.2 Å². The van der Waals surface area contributed by atoms with Crippen molar-refractivity contribution >= 4 is 22.0 Å². The summed E-state index contributed by atoms with van der Waals surface area (Å²) in [6.45, 7) is 3.26. The number of sulfonamides is 1. The molecule has 2 aromatic rings. The van der Waals surface area contributed by atoms with Gasteiger partial charge in [-0.05, 0) is 24.6 Å². The van der Waals surface area contributed by atoms with Gasteiger partial charge in [-0.1, -0.05) is 48.0 Å². The van der Waals surface area contributed by atoms with Crippen molar-refractivity contribution in [1.29, 1.82) is 0 Å². The smallest absolute Gasteiger partial charge is 0.315 e. The highest BCUT2D eigenvalue weighted by Gasteiger charge is 2.29. The van der Waals surface area contributed by atoms with E-state index in [0.29, 0.717) is 6.54 Å². The molecule has 0 aromatic heterocycles. The van der Waals surface area contributed by atoms with Crippen molar-refractivity contribution in [3.8, 4) is 0 Å². The van der Waals surface area contributed by atoms with Gasteiger partial charge in [-0.3, -0.25) is 4.79 Å². The SMILES string of the molecule is Cc1ccc(CNC(=O)NCC(=O)N2CCN(S(=O)(=O)c3ccccc3)CC2)cc1. The average molecular weight is 431 g/mol. The van der Waals surface area contributed by atoms with Gasteiger partial charge in [0, 0.05) is 32.7 Å². The molecule has 9 heteroatoms. The summed E-state index contributed by atoms with van der Waals surface area (Å²) in [6.07, 6.45) is 0. The summed E-state index contributed by atoms with van der Waals surface area (Å²) in [5.74, 6) is -0.239. The van der Waals surface area contributed by atoms with E-state index in [1.54, 1.807) is 35.2 Å². The standard InChI is InChI=1S/C21H26N4O4S/c1-17-7-9-18(10-8-17)15-22-21(27)23-16-20(26)24-11-13-25(14-12-24)30(28,29)19-5-3-2-4-6-19/h2-10H,11-16H2,1H3,(H2,22,23,27). The minimum atomic E-state index is -3.56. The highest BCUT2D eigenvalue weighted by Crippen LogP contribution is 2.17. The van der Waals surface area contributed by atoms with Crippen molar-refractivity contribution in [3.63, 3.8) is 0 Å². The predicted molar refractivity (Wildman–Crippen MR) is 113 cm³/mol. The van der Waals surface area contributed by atoms with Crippen molar-refractivity contribution in [1.82, 2.24) is 19.8 Å². The van der Waals surface area contributed by atoms with Gasteiger partial charge >= 0.3 is 6.03 Å². The van der Waals surface area contributed by atoms with Gasteiger partial charge in [0.25, 0.3) is 0 Å². The molecular formula is C21H26N4O4S. The number of aryl methyl sites for hydroxylation is 1. The molecule has 3 amide bonds. The third kappa shape index (κ3) is 5.58. The number of rotatable bonds is 6. The average Bonchev–Trinajstić information content (AvgIpc) is 2.77. The number of hydrogen-bond acceptors (Lipinski definition) is 4. The first-order valence-electron chi connectivity index (χ1n) is 9.76. The Labute approximate surface area is 176 Å². The minimum Gasteiger partial charge on any atom is -0.339 e. The molecule has 0 unspecified atom stereocenters. The van der Waals surface area contributed by atoms with Crippen molar-refractivity contribution in [3.05, 3.63) is 65.7 Å². The van der Waals surface area contributed by atoms with E-state index in [2.05, 4.69) is 10.6 Å². The molecule has 0 saturated carbocycles. The number of benzene rings is 2. The number of urea groups is 1. The number of hydrogen-bond donors (Lipinski definition) is 2. The first kappa shape index (κ1) is 21.8. The molecule has 2 N–H and O–H groups in total. The lowest BCUT2D eigenvalue weighted by Gasteiger charge is -2.34. The van der Waals surface area contributed by atoms with E-state index >= 15 is 0 Å². The molecule has 0 aliphatic carbocycles. The Kier molecular flexibility index (Phi) is 7.07. The molecule has 1 aliphatic rings. The third-order valence-electron chi connectivity index (χ3n) is 4.95. The van der Waals surface area contributed by atoms with Gasteiger partial charge in [-0.15, -0.1) is 0 Å². The van der Waals surface area contributed by atoms with Gasteiger partial charge in [-0.2, -0.15) is 4.31 Å². The van der Waals surface area contributed by atoms with Crippen LogP contribution in [0, 0.1) is 6.92 Å². The molecule has 2 aromatic carbocycles. The summed E-state index contributed by atoms with van der Waals surface area (Å²) >= 11 is 0. The van der Waals surface area contributed by atoms with Gasteiger partial charge in [0.2, 0.25) is 15.9 Å². The van der Waals surface area contributed by atoms with Crippen molar-refractivity contribution in [2.24, 2.45) is 0 Å². The predicted octanol–water partition coefficient (Wildman–Crippen LogP) is 1.33.